The number of aliphatic hydroxyl groups excluding tert-OH is 1. The number of aliphatic hydroxyl groups is 1. The standard InChI is InChI=1S/C11H12BrFN2O4S/c12-8-3-6(13)1-2-10(8)20(18,19)15-5-7(16)4-9(15)11(14)17/h1-3,7,9,16H,4-5H2,(H2,14,17). The average molecular weight is 367 g/mol. The number of rotatable bonds is 3. The molecule has 1 aromatic carbocycles. The van der Waals surface area contributed by atoms with Crippen molar-refractivity contribution in [1.29, 1.82) is 0 Å². The smallest absolute Gasteiger partial charge is 0.245 e. The number of amides is 1. The zero-order valence-corrected chi connectivity index (χ0v) is 12.6. The van der Waals surface area contributed by atoms with Gasteiger partial charge in [-0.2, -0.15) is 4.31 Å². The van der Waals surface area contributed by atoms with Crippen molar-refractivity contribution in [3.63, 3.8) is 0 Å². The van der Waals surface area contributed by atoms with E-state index in [0.29, 0.717) is 0 Å². The number of carbonyl (C=O) groups is 1. The highest BCUT2D eigenvalue weighted by Crippen LogP contribution is 2.30. The van der Waals surface area contributed by atoms with Gasteiger partial charge in [0.25, 0.3) is 0 Å². The van der Waals surface area contributed by atoms with Crippen LogP contribution in [-0.2, 0) is 14.8 Å². The van der Waals surface area contributed by atoms with Crippen LogP contribution in [0.2, 0.25) is 0 Å². The van der Waals surface area contributed by atoms with Crippen LogP contribution in [0.15, 0.2) is 27.6 Å². The molecular weight excluding hydrogens is 355 g/mol. The van der Waals surface area contributed by atoms with Gasteiger partial charge in [0.05, 0.1) is 11.0 Å². The van der Waals surface area contributed by atoms with Crippen molar-refractivity contribution < 1.29 is 22.7 Å². The summed E-state index contributed by atoms with van der Waals surface area (Å²) < 4.78 is 38.9. The van der Waals surface area contributed by atoms with Gasteiger partial charge in [-0.25, -0.2) is 12.8 Å². The second kappa shape index (κ2) is 5.40. The summed E-state index contributed by atoms with van der Waals surface area (Å²) in [6.07, 6.45) is -1.01. The lowest BCUT2D eigenvalue weighted by Crippen LogP contribution is -2.43. The lowest BCUT2D eigenvalue weighted by molar-refractivity contribution is -0.121. The van der Waals surface area contributed by atoms with Gasteiger partial charge in [-0.1, -0.05) is 0 Å². The first-order chi connectivity index (χ1) is 9.23. The Labute approximate surface area is 123 Å². The quantitative estimate of drug-likeness (QED) is 0.797. The molecule has 1 aliphatic heterocycles. The van der Waals surface area contributed by atoms with Gasteiger partial charge in [-0.3, -0.25) is 4.79 Å². The van der Waals surface area contributed by atoms with Gasteiger partial charge >= 0.3 is 0 Å². The van der Waals surface area contributed by atoms with E-state index >= 15 is 0 Å². The molecule has 1 aliphatic rings. The molecule has 110 valence electrons. The summed E-state index contributed by atoms with van der Waals surface area (Å²) in [5.74, 6) is -1.42. The second-order valence-corrected chi connectivity index (χ2v) is 7.17. The number of nitrogens with two attached hydrogens (primary N) is 1. The molecule has 1 saturated heterocycles. The van der Waals surface area contributed by atoms with Crippen LogP contribution in [0.1, 0.15) is 6.42 Å². The average Bonchev–Trinajstić information content (AvgIpc) is 2.71. The van der Waals surface area contributed by atoms with E-state index in [-0.39, 0.29) is 22.3 Å². The number of nitrogens with zero attached hydrogens (tertiary/aromatic N) is 1. The van der Waals surface area contributed by atoms with E-state index in [2.05, 4.69) is 15.9 Å². The summed E-state index contributed by atoms with van der Waals surface area (Å²) in [5.41, 5.74) is 5.16. The molecule has 3 N–H and O–H groups in total. The highest BCUT2D eigenvalue weighted by molar-refractivity contribution is 9.10. The Morgan fingerprint density at radius 2 is 2.15 bits per heavy atom. The van der Waals surface area contributed by atoms with E-state index in [1.807, 2.05) is 0 Å². The third-order valence-corrected chi connectivity index (χ3v) is 5.89. The van der Waals surface area contributed by atoms with E-state index < -0.39 is 33.9 Å². The minimum absolute atomic E-state index is 0.0436. The van der Waals surface area contributed by atoms with E-state index in [0.717, 1.165) is 22.5 Å². The van der Waals surface area contributed by atoms with Crippen molar-refractivity contribution in [2.45, 2.75) is 23.5 Å². The molecule has 0 saturated carbocycles. The molecule has 1 fully saturated rings. The van der Waals surface area contributed by atoms with Gasteiger partial charge in [-0.05, 0) is 34.1 Å². The van der Waals surface area contributed by atoms with E-state index in [1.54, 1.807) is 0 Å². The van der Waals surface area contributed by atoms with Crippen molar-refractivity contribution in [1.82, 2.24) is 4.31 Å². The monoisotopic (exact) mass is 366 g/mol. The Hall–Kier alpha value is -1.03. The van der Waals surface area contributed by atoms with Crippen LogP contribution in [0, 0.1) is 5.82 Å². The summed E-state index contributed by atoms with van der Waals surface area (Å²) in [6.45, 7) is -0.222. The van der Waals surface area contributed by atoms with Crippen molar-refractivity contribution >= 4 is 31.9 Å². The summed E-state index contributed by atoms with van der Waals surface area (Å²) in [6, 6.07) is 2.01. The van der Waals surface area contributed by atoms with E-state index in [4.69, 9.17) is 5.73 Å². The maximum absolute atomic E-state index is 13.0. The van der Waals surface area contributed by atoms with Gasteiger partial charge in [0.2, 0.25) is 15.9 Å². The Bertz CT molecular complexity index is 652. The van der Waals surface area contributed by atoms with Gasteiger partial charge in [-0.15, -0.1) is 0 Å². The van der Waals surface area contributed by atoms with Crippen LogP contribution in [0.5, 0.6) is 0 Å². The molecule has 6 nitrogen and oxygen atoms in total. The number of sulfonamides is 1. The topological polar surface area (TPSA) is 101 Å². The fourth-order valence-electron chi connectivity index (χ4n) is 2.12. The number of β-amino-alcohol motifs (C(OH)–C–C–N with tert-alkyl or cyclic N) is 1. The van der Waals surface area contributed by atoms with Crippen LogP contribution >= 0.6 is 15.9 Å². The van der Waals surface area contributed by atoms with Gasteiger partial charge in [0.1, 0.15) is 11.9 Å². The van der Waals surface area contributed by atoms with E-state index in [1.165, 1.54) is 0 Å². The van der Waals surface area contributed by atoms with Gasteiger partial charge in [0.15, 0.2) is 0 Å². The third-order valence-electron chi connectivity index (χ3n) is 3.04. The first kappa shape index (κ1) is 15.4. The number of hydrogen-bond acceptors (Lipinski definition) is 4. The molecule has 0 radical (unpaired) electrons. The summed E-state index contributed by atoms with van der Waals surface area (Å²) >= 11 is 2.98. The largest absolute Gasteiger partial charge is 0.392 e. The molecule has 0 aliphatic carbocycles. The number of halogens is 2. The molecule has 2 rings (SSSR count). The van der Waals surface area contributed by atoms with Gasteiger partial charge < -0.3 is 10.8 Å². The lowest BCUT2D eigenvalue weighted by Gasteiger charge is -2.22. The minimum atomic E-state index is -4.05. The van der Waals surface area contributed by atoms with Crippen LogP contribution in [0.25, 0.3) is 0 Å². The number of hydrogen-bond donors (Lipinski definition) is 2. The highest BCUT2D eigenvalue weighted by atomic mass is 79.9. The maximum Gasteiger partial charge on any atom is 0.245 e. The van der Waals surface area contributed by atoms with Gasteiger partial charge in [0, 0.05) is 17.4 Å². The highest BCUT2D eigenvalue weighted by Gasteiger charge is 2.43. The zero-order chi connectivity index (χ0) is 15.1. The predicted molar refractivity (Wildman–Crippen MR) is 71.6 cm³/mol. The van der Waals surface area contributed by atoms with Crippen molar-refractivity contribution in [3.8, 4) is 0 Å². The fourth-order valence-corrected chi connectivity index (χ4v) is 4.78. The Balaban J connectivity index is 2.46. The predicted octanol–water partition coefficient (Wildman–Crippen LogP) is 0.197. The normalized spacial score (nSPS) is 23.9. The summed E-state index contributed by atoms with van der Waals surface area (Å²) in [4.78, 5) is 11.1. The van der Waals surface area contributed by atoms with Crippen molar-refractivity contribution in [3.05, 3.63) is 28.5 Å². The number of carbonyl (C=O) groups excluding carboxylic acids is 1. The zero-order valence-electron chi connectivity index (χ0n) is 10.2. The second-order valence-electron chi connectivity index (χ2n) is 4.46. The fraction of sp³-hybridized carbons (Fsp3) is 0.364. The molecule has 0 aromatic heterocycles. The molecule has 2 atom stereocenters. The molecule has 20 heavy (non-hydrogen) atoms. The molecule has 0 bridgehead atoms. The molecular formula is C11H12BrFN2O4S. The molecule has 2 unspecified atom stereocenters. The van der Waals surface area contributed by atoms with Crippen LogP contribution in [0.4, 0.5) is 4.39 Å². The molecule has 0 spiro atoms. The first-order valence-electron chi connectivity index (χ1n) is 5.67. The van der Waals surface area contributed by atoms with Crippen LogP contribution in [0.3, 0.4) is 0 Å². The van der Waals surface area contributed by atoms with E-state index in [9.17, 15) is 22.7 Å². The summed E-state index contributed by atoms with van der Waals surface area (Å²) in [5, 5.41) is 9.56. The minimum Gasteiger partial charge on any atom is -0.392 e. The van der Waals surface area contributed by atoms with Crippen LogP contribution < -0.4 is 5.73 Å². The molecule has 1 heterocycles. The Morgan fingerprint density at radius 3 is 2.70 bits per heavy atom. The van der Waals surface area contributed by atoms with Crippen molar-refractivity contribution in [2.24, 2.45) is 5.73 Å². The summed E-state index contributed by atoms with van der Waals surface area (Å²) in [7, 11) is -4.05. The maximum atomic E-state index is 13.0. The number of primary amides is 1. The van der Waals surface area contributed by atoms with Crippen molar-refractivity contribution in [2.75, 3.05) is 6.54 Å². The Kier molecular flexibility index (Phi) is 4.14. The van der Waals surface area contributed by atoms with Crippen LogP contribution in [-0.4, -0.2) is 42.4 Å². The lowest BCUT2D eigenvalue weighted by atomic mass is 10.2. The third kappa shape index (κ3) is 2.71. The molecule has 1 amide bonds. The SMILES string of the molecule is NC(=O)C1CC(O)CN1S(=O)(=O)c1ccc(F)cc1Br. The Morgan fingerprint density at radius 1 is 1.50 bits per heavy atom. The first-order valence-corrected chi connectivity index (χ1v) is 7.91. The number of benzene rings is 1. The molecule has 9 heteroatoms. The molecule has 1 aromatic rings.